The molecule has 3 aromatic rings. The van der Waals surface area contributed by atoms with Crippen LogP contribution in [0.2, 0.25) is 0 Å². The molecule has 0 aliphatic heterocycles. The van der Waals surface area contributed by atoms with Crippen LogP contribution < -0.4 is 14.4 Å². The minimum atomic E-state index is -1.03. The van der Waals surface area contributed by atoms with Crippen LogP contribution in [0.5, 0.6) is 11.5 Å². The van der Waals surface area contributed by atoms with Crippen molar-refractivity contribution in [1.29, 1.82) is 0 Å². The molecule has 1 aromatic heterocycles. The van der Waals surface area contributed by atoms with Crippen LogP contribution in [0, 0.1) is 5.92 Å². The predicted octanol–water partition coefficient (Wildman–Crippen LogP) is 4.56. The van der Waals surface area contributed by atoms with Crippen LogP contribution in [0.4, 0.5) is 11.4 Å². The summed E-state index contributed by atoms with van der Waals surface area (Å²) in [7, 11) is 1.57. The van der Waals surface area contributed by atoms with Crippen molar-refractivity contribution >= 4 is 23.3 Å². The maximum absolute atomic E-state index is 13.5. The van der Waals surface area contributed by atoms with Crippen molar-refractivity contribution in [3.8, 4) is 11.5 Å². The average molecular weight is 418 g/mol. The summed E-state index contributed by atoms with van der Waals surface area (Å²) in [5.41, 5.74) is 1.59. The first-order chi connectivity index (χ1) is 15.1. The second-order valence-corrected chi connectivity index (χ2v) is 7.32. The smallest absolute Gasteiger partial charge is 0.335 e. The monoisotopic (exact) mass is 418 g/mol. The molecule has 7 heteroatoms. The number of pyridine rings is 1. The number of hydrogen-bond donors (Lipinski definition) is 1. The molecule has 0 atom stereocenters. The van der Waals surface area contributed by atoms with Gasteiger partial charge in [-0.1, -0.05) is 0 Å². The molecule has 0 unspecified atom stereocenters. The number of carboxylic acids is 1. The SMILES string of the molecule is COc1ccc(N(C(=O)c2cccnc2)c2ccc(C(=O)O)cc2)c(OCC2CC2)c1. The quantitative estimate of drug-likeness (QED) is 0.577. The van der Waals surface area contributed by atoms with Gasteiger partial charge in [-0.3, -0.25) is 14.7 Å². The van der Waals surface area contributed by atoms with Gasteiger partial charge in [-0.25, -0.2) is 4.79 Å². The number of amides is 1. The van der Waals surface area contributed by atoms with Gasteiger partial charge in [-0.2, -0.15) is 0 Å². The number of methoxy groups -OCH3 is 1. The number of rotatable bonds is 8. The van der Waals surface area contributed by atoms with Gasteiger partial charge in [0.2, 0.25) is 0 Å². The van der Waals surface area contributed by atoms with E-state index < -0.39 is 5.97 Å². The maximum atomic E-state index is 13.5. The van der Waals surface area contributed by atoms with Crippen LogP contribution in [0.1, 0.15) is 33.6 Å². The Morgan fingerprint density at radius 1 is 1.10 bits per heavy atom. The minimum absolute atomic E-state index is 0.137. The molecular formula is C24H22N2O5. The van der Waals surface area contributed by atoms with Crippen molar-refractivity contribution in [2.45, 2.75) is 12.8 Å². The number of anilines is 2. The van der Waals surface area contributed by atoms with Crippen LogP contribution in [-0.4, -0.2) is 35.7 Å². The fraction of sp³-hybridized carbons (Fsp3) is 0.208. The van der Waals surface area contributed by atoms with Crippen LogP contribution in [0.25, 0.3) is 0 Å². The maximum Gasteiger partial charge on any atom is 0.335 e. The van der Waals surface area contributed by atoms with Crippen molar-refractivity contribution < 1.29 is 24.2 Å². The second kappa shape index (κ2) is 8.87. The molecule has 158 valence electrons. The van der Waals surface area contributed by atoms with Gasteiger partial charge in [0.1, 0.15) is 11.5 Å². The lowest BCUT2D eigenvalue weighted by atomic mass is 10.1. The van der Waals surface area contributed by atoms with Gasteiger partial charge >= 0.3 is 5.97 Å². The lowest BCUT2D eigenvalue weighted by Gasteiger charge is -2.26. The minimum Gasteiger partial charge on any atom is -0.497 e. The van der Waals surface area contributed by atoms with E-state index in [1.54, 1.807) is 55.8 Å². The molecule has 0 bridgehead atoms. The Kier molecular flexibility index (Phi) is 5.84. The summed E-state index contributed by atoms with van der Waals surface area (Å²) in [6, 6.07) is 14.8. The number of benzene rings is 2. The zero-order chi connectivity index (χ0) is 21.8. The van der Waals surface area contributed by atoms with E-state index in [-0.39, 0.29) is 11.5 Å². The molecule has 2 aromatic carbocycles. The fourth-order valence-electron chi connectivity index (χ4n) is 3.15. The van der Waals surface area contributed by atoms with Crippen LogP contribution in [0.3, 0.4) is 0 Å². The molecule has 1 aliphatic carbocycles. The Morgan fingerprint density at radius 3 is 2.48 bits per heavy atom. The molecule has 0 spiro atoms. The molecule has 0 saturated heterocycles. The Labute approximate surface area is 179 Å². The molecule has 1 heterocycles. The van der Waals surface area contributed by atoms with Gasteiger partial charge in [-0.05, 0) is 67.3 Å². The third-order valence-corrected chi connectivity index (χ3v) is 5.06. The van der Waals surface area contributed by atoms with E-state index in [4.69, 9.17) is 9.47 Å². The standard InChI is InChI=1S/C24H22N2O5/c1-30-20-10-11-21(22(13-20)31-15-16-4-5-16)26(23(27)18-3-2-12-25-14-18)19-8-6-17(7-9-19)24(28)29/h2-3,6-14,16H,4-5,15H2,1H3,(H,28,29). The van der Waals surface area contributed by atoms with Crippen molar-refractivity contribution in [2.75, 3.05) is 18.6 Å². The highest BCUT2D eigenvalue weighted by Crippen LogP contribution is 2.39. The van der Waals surface area contributed by atoms with E-state index in [1.165, 1.54) is 23.2 Å². The van der Waals surface area contributed by atoms with Crippen molar-refractivity contribution in [3.05, 3.63) is 78.1 Å². The lowest BCUT2D eigenvalue weighted by Crippen LogP contribution is -2.27. The normalized spacial score (nSPS) is 12.8. The molecule has 1 amide bonds. The molecule has 1 aliphatic rings. The average Bonchev–Trinajstić information content (AvgIpc) is 3.64. The number of carbonyl (C=O) groups is 2. The number of nitrogens with zero attached hydrogens (tertiary/aromatic N) is 2. The first-order valence-electron chi connectivity index (χ1n) is 9.95. The van der Waals surface area contributed by atoms with E-state index in [2.05, 4.69) is 4.98 Å². The number of aromatic carboxylic acids is 1. The van der Waals surface area contributed by atoms with E-state index in [0.29, 0.717) is 41.0 Å². The highest BCUT2D eigenvalue weighted by molar-refractivity contribution is 6.11. The molecule has 4 rings (SSSR count). The first kappa shape index (κ1) is 20.4. The van der Waals surface area contributed by atoms with Crippen molar-refractivity contribution in [3.63, 3.8) is 0 Å². The molecule has 31 heavy (non-hydrogen) atoms. The highest BCUT2D eigenvalue weighted by Gasteiger charge is 2.26. The molecule has 1 N–H and O–H groups in total. The molecule has 0 radical (unpaired) electrons. The Bertz CT molecular complexity index is 1080. The Balaban J connectivity index is 1.79. The molecule has 7 nitrogen and oxygen atoms in total. The first-order valence-corrected chi connectivity index (χ1v) is 9.95. The van der Waals surface area contributed by atoms with Gasteiger partial charge in [-0.15, -0.1) is 0 Å². The third-order valence-electron chi connectivity index (χ3n) is 5.06. The summed E-state index contributed by atoms with van der Waals surface area (Å²) in [4.78, 5) is 30.3. The van der Waals surface area contributed by atoms with Crippen molar-refractivity contribution in [1.82, 2.24) is 4.98 Å². The van der Waals surface area contributed by atoms with Gasteiger partial charge in [0.15, 0.2) is 0 Å². The van der Waals surface area contributed by atoms with Crippen LogP contribution in [-0.2, 0) is 0 Å². The lowest BCUT2D eigenvalue weighted by molar-refractivity contribution is 0.0696. The van der Waals surface area contributed by atoms with Crippen LogP contribution >= 0.6 is 0 Å². The summed E-state index contributed by atoms with van der Waals surface area (Å²) in [5.74, 6) is 0.318. The third kappa shape index (κ3) is 4.66. The summed E-state index contributed by atoms with van der Waals surface area (Å²) in [5, 5.41) is 9.23. The second-order valence-electron chi connectivity index (χ2n) is 7.32. The van der Waals surface area contributed by atoms with Gasteiger partial charge in [0.25, 0.3) is 5.91 Å². The Hall–Kier alpha value is -3.87. The predicted molar refractivity (Wildman–Crippen MR) is 115 cm³/mol. The van der Waals surface area contributed by atoms with Gasteiger partial charge in [0, 0.05) is 24.1 Å². The number of aromatic nitrogens is 1. The topological polar surface area (TPSA) is 89.0 Å². The number of carbonyl (C=O) groups excluding carboxylic acids is 1. The number of ether oxygens (including phenoxy) is 2. The van der Waals surface area contributed by atoms with E-state index in [9.17, 15) is 14.7 Å². The summed E-state index contributed by atoms with van der Waals surface area (Å²) in [6.45, 7) is 0.563. The van der Waals surface area contributed by atoms with Crippen molar-refractivity contribution in [2.24, 2.45) is 5.92 Å². The fourth-order valence-corrected chi connectivity index (χ4v) is 3.15. The van der Waals surface area contributed by atoms with E-state index in [1.807, 2.05) is 0 Å². The van der Waals surface area contributed by atoms with E-state index >= 15 is 0 Å². The van der Waals surface area contributed by atoms with Gasteiger partial charge < -0.3 is 14.6 Å². The van der Waals surface area contributed by atoms with Crippen LogP contribution in [0.15, 0.2) is 67.0 Å². The highest BCUT2D eigenvalue weighted by atomic mass is 16.5. The van der Waals surface area contributed by atoms with Gasteiger partial charge in [0.05, 0.1) is 30.5 Å². The molecule has 1 saturated carbocycles. The zero-order valence-electron chi connectivity index (χ0n) is 17.0. The number of carboxylic acid groups (broad SMARTS) is 1. The summed E-state index contributed by atoms with van der Waals surface area (Å²) < 4.78 is 11.4. The molecular weight excluding hydrogens is 396 g/mol. The summed E-state index contributed by atoms with van der Waals surface area (Å²) in [6.07, 6.45) is 5.36. The van der Waals surface area contributed by atoms with E-state index in [0.717, 1.165) is 12.8 Å². The zero-order valence-corrected chi connectivity index (χ0v) is 17.0. The Morgan fingerprint density at radius 2 is 1.87 bits per heavy atom. The summed E-state index contributed by atoms with van der Waals surface area (Å²) >= 11 is 0. The molecule has 1 fully saturated rings. The number of hydrogen-bond acceptors (Lipinski definition) is 5. The largest absolute Gasteiger partial charge is 0.497 e.